The van der Waals surface area contributed by atoms with Gasteiger partial charge in [0.05, 0.1) is 0 Å². The van der Waals surface area contributed by atoms with E-state index in [2.05, 4.69) is 221 Å². The molecule has 61 heavy (non-hydrogen) atoms. The molecule has 11 aromatic rings. The normalized spacial score (nSPS) is 14.5. The molecule has 0 unspecified atom stereocenters. The van der Waals surface area contributed by atoms with Crippen molar-refractivity contribution in [1.29, 1.82) is 0 Å². The van der Waals surface area contributed by atoms with E-state index in [0.717, 1.165) is 11.4 Å². The SMILES string of the molecule is CC1(C)c2ccccc2-c2cc3c4ccccc4c4cc5c6cc7c(cc6c6ccccc6c5cc4c3cc21)-c1ccc(N(c2ccccc2)c2ccccc2)cc1C7(C)C. The minimum atomic E-state index is -0.212. The smallest absolute Gasteiger partial charge is 0.0465 e. The fraction of sp³-hybridized carbons (Fsp3) is 0.100. The van der Waals surface area contributed by atoms with Crippen molar-refractivity contribution in [2.45, 2.75) is 38.5 Å². The van der Waals surface area contributed by atoms with Crippen LogP contribution in [0.1, 0.15) is 49.9 Å². The Balaban J connectivity index is 1.08. The molecule has 0 saturated heterocycles. The summed E-state index contributed by atoms with van der Waals surface area (Å²) in [4.78, 5) is 2.38. The van der Waals surface area contributed by atoms with Crippen LogP contribution in [0, 0.1) is 0 Å². The van der Waals surface area contributed by atoms with E-state index in [1.807, 2.05) is 0 Å². The van der Waals surface area contributed by atoms with Crippen molar-refractivity contribution in [2.75, 3.05) is 4.90 Å². The first-order valence-electron chi connectivity index (χ1n) is 21.7. The van der Waals surface area contributed by atoms with Gasteiger partial charge in [-0.05, 0) is 182 Å². The zero-order valence-electron chi connectivity index (χ0n) is 34.8. The number of hydrogen-bond acceptors (Lipinski definition) is 1. The van der Waals surface area contributed by atoms with E-state index < -0.39 is 0 Å². The zero-order chi connectivity index (χ0) is 40.8. The molecule has 0 heterocycles. The average molecular weight is 778 g/mol. The summed E-state index contributed by atoms with van der Waals surface area (Å²) < 4.78 is 0. The van der Waals surface area contributed by atoms with Gasteiger partial charge in [0.25, 0.3) is 0 Å². The largest absolute Gasteiger partial charge is 0.310 e. The molecule has 2 aliphatic carbocycles. The summed E-state index contributed by atoms with van der Waals surface area (Å²) in [5.74, 6) is 0. The van der Waals surface area contributed by atoms with Crippen LogP contribution >= 0.6 is 0 Å². The van der Waals surface area contributed by atoms with Gasteiger partial charge < -0.3 is 4.90 Å². The van der Waals surface area contributed by atoms with Crippen LogP contribution in [0.5, 0.6) is 0 Å². The monoisotopic (exact) mass is 777 g/mol. The minimum Gasteiger partial charge on any atom is -0.310 e. The Labute approximate surface area is 356 Å². The second-order valence-electron chi connectivity index (χ2n) is 18.5. The van der Waals surface area contributed by atoms with Crippen molar-refractivity contribution in [3.05, 3.63) is 210 Å². The average Bonchev–Trinajstić information content (AvgIpc) is 3.66. The first-order valence-corrected chi connectivity index (χ1v) is 21.7. The Morgan fingerprint density at radius 2 is 0.607 bits per heavy atom. The van der Waals surface area contributed by atoms with Gasteiger partial charge in [-0.2, -0.15) is 0 Å². The van der Waals surface area contributed by atoms with Crippen LogP contribution in [0.4, 0.5) is 17.1 Å². The van der Waals surface area contributed by atoms with E-state index in [-0.39, 0.29) is 10.8 Å². The second-order valence-corrected chi connectivity index (χ2v) is 18.5. The predicted octanol–water partition coefficient (Wildman–Crippen LogP) is 16.7. The lowest BCUT2D eigenvalue weighted by Crippen LogP contribution is -2.16. The Kier molecular flexibility index (Phi) is 6.91. The Hall–Kier alpha value is -7.22. The first kappa shape index (κ1) is 34.6. The molecule has 2 aliphatic rings. The molecule has 1 nitrogen and oxygen atoms in total. The van der Waals surface area contributed by atoms with E-state index in [1.165, 1.54) is 115 Å². The van der Waals surface area contributed by atoms with E-state index in [9.17, 15) is 0 Å². The molecular formula is C60H43N. The van der Waals surface area contributed by atoms with Gasteiger partial charge in [-0.3, -0.25) is 0 Å². The molecule has 0 saturated carbocycles. The molecule has 0 atom stereocenters. The standard InChI is InChI=1S/C60H43N/c1-59(2)55-26-16-15-25-43(55)53-32-47-41-23-13-11-21-39(41)45-31-50-46(30-49(45)51(47)34-57(53)59)40-22-12-14-24-42(40)48-33-54-44-28-27-38(29-56(44)60(3,4)58(54)35-52(48)50)61(36-17-7-5-8-18-36)37-19-9-6-10-20-37/h5-35H,1-4H3. The molecular weight excluding hydrogens is 735 g/mol. The summed E-state index contributed by atoms with van der Waals surface area (Å²) >= 11 is 0. The molecule has 1 heteroatoms. The maximum Gasteiger partial charge on any atom is 0.0465 e. The highest BCUT2D eigenvalue weighted by Gasteiger charge is 2.38. The van der Waals surface area contributed by atoms with Gasteiger partial charge in [0.1, 0.15) is 0 Å². The lowest BCUT2D eigenvalue weighted by atomic mass is 9.80. The van der Waals surface area contributed by atoms with Gasteiger partial charge >= 0.3 is 0 Å². The maximum atomic E-state index is 2.55. The molecule has 0 amide bonds. The third-order valence-electron chi connectivity index (χ3n) is 14.6. The molecule has 0 aromatic heterocycles. The quantitative estimate of drug-likeness (QED) is 0.128. The Bertz CT molecular complexity index is 3650. The summed E-state index contributed by atoms with van der Waals surface area (Å²) in [6.07, 6.45) is 0. The fourth-order valence-corrected chi connectivity index (χ4v) is 11.5. The number of benzene rings is 11. The highest BCUT2D eigenvalue weighted by atomic mass is 15.1. The molecule has 0 fully saturated rings. The minimum absolute atomic E-state index is 0.0786. The van der Waals surface area contributed by atoms with Gasteiger partial charge in [-0.25, -0.2) is 0 Å². The van der Waals surface area contributed by atoms with Crippen LogP contribution in [0.3, 0.4) is 0 Å². The van der Waals surface area contributed by atoms with Crippen LogP contribution in [-0.4, -0.2) is 0 Å². The van der Waals surface area contributed by atoms with E-state index in [4.69, 9.17) is 0 Å². The summed E-state index contributed by atoms with van der Waals surface area (Å²) in [6, 6.07) is 70.9. The van der Waals surface area contributed by atoms with Crippen molar-refractivity contribution in [3.63, 3.8) is 0 Å². The highest BCUT2D eigenvalue weighted by molar-refractivity contribution is 6.33. The van der Waals surface area contributed by atoms with E-state index in [1.54, 1.807) is 0 Å². The van der Waals surface area contributed by atoms with Crippen molar-refractivity contribution >= 4 is 81.7 Å². The third-order valence-corrected chi connectivity index (χ3v) is 14.6. The summed E-state index contributed by atoms with van der Waals surface area (Å²) in [6.45, 7) is 9.62. The van der Waals surface area contributed by atoms with Crippen molar-refractivity contribution in [3.8, 4) is 22.3 Å². The number of nitrogens with zero attached hydrogens (tertiary/aromatic N) is 1. The van der Waals surface area contributed by atoms with Gasteiger partial charge in [0.15, 0.2) is 0 Å². The molecule has 0 aliphatic heterocycles. The van der Waals surface area contributed by atoms with Crippen LogP contribution in [-0.2, 0) is 10.8 Å². The van der Waals surface area contributed by atoms with Crippen molar-refractivity contribution in [2.24, 2.45) is 0 Å². The molecule has 11 aromatic carbocycles. The summed E-state index contributed by atoms with van der Waals surface area (Å²) in [7, 11) is 0. The molecule has 0 spiro atoms. The number of hydrogen-bond donors (Lipinski definition) is 0. The van der Waals surface area contributed by atoms with Crippen LogP contribution < -0.4 is 4.90 Å². The number of para-hydroxylation sites is 2. The Morgan fingerprint density at radius 3 is 1.11 bits per heavy atom. The topological polar surface area (TPSA) is 3.24 Å². The number of anilines is 3. The van der Waals surface area contributed by atoms with Gasteiger partial charge in [-0.1, -0.05) is 143 Å². The van der Waals surface area contributed by atoms with Crippen LogP contribution in [0.15, 0.2) is 188 Å². The number of rotatable bonds is 3. The maximum absolute atomic E-state index is 2.55. The molecule has 0 bridgehead atoms. The summed E-state index contributed by atoms with van der Waals surface area (Å²) in [5, 5.41) is 15.8. The number of fused-ring (bicyclic) bond motifs is 18. The molecule has 0 radical (unpaired) electrons. The van der Waals surface area contributed by atoms with E-state index in [0.29, 0.717) is 0 Å². The van der Waals surface area contributed by atoms with E-state index >= 15 is 0 Å². The lowest BCUT2D eigenvalue weighted by Gasteiger charge is -2.28. The van der Waals surface area contributed by atoms with Gasteiger partial charge in [0, 0.05) is 27.9 Å². The summed E-state index contributed by atoms with van der Waals surface area (Å²) in [5.41, 5.74) is 14.1. The predicted molar refractivity (Wildman–Crippen MR) is 261 cm³/mol. The first-order chi connectivity index (χ1) is 29.8. The Morgan fingerprint density at radius 1 is 0.246 bits per heavy atom. The fourth-order valence-electron chi connectivity index (χ4n) is 11.5. The van der Waals surface area contributed by atoms with Crippen molar-refractivity contribution < 1.29 is 0 Å². The van der Waals surface area contributed by atoms with Crippen LogP contribution in [0.2, 0.25) is 0 Å². The van der Waals surface area contributed by atoms with Crippen molar-refractivity contribution in [1.82, 2.24) is 0 Å². The molecule has 13 rings (SSSR count). The molecule has 0 N–H and O–H groups in total. The highest BCUT2D eigenvalue weighted by Crippen LogP contribution is 2.55. The zero-order valence-corrected chi connectivity index (χ0v) is 34.8. The molecule has 288 valence electrons. The van der Waals surface area contributed by atoms with Gasteiger partial charge in [0.2, 0.25) is 0 Å². The lowest BCUT2D eigenvalue weighted by molar-refractivity contribution is 0.661. The van der Waals surface area contributed by atoms with Crippen LogP contribution in [0.25, 0.3) is 86.9 Å². The van der Waals surface area contributed by atoms with Gasteiger partial charge in [-0.15, -0.1) is 0 Å². The third kappa shape index (κ3) is 4.67. The second kappa shape index (κ2) is 12.2.